The molecule has 6 aliphatic rings. The lowest BCUT2D eigenvalue weighted by Crippen LogP contribution is -2.09. The molecule has 20 aromatic rings. The van der Waals surface area contributed by atoms with Crippen LogP contribution < -0.4 is 61.5 Å². The van der Waals surface area contributed by atoms with E-state index in [1.807, 2.05) is 48.5 Å². The number of nitrogens with one attached hydrogen (secondary N) is 8. The SMILES string of the molecule is COc1cccc2c1Cc1cccc(OC)c1N2.COc1cccc2cc3c(cc12)Nc1cc2cccc(OC)c2cc1N3.Cc1ccc2c(c1)Cc1ccc(C)cc1N2.Cc1ccc2cc3c(cc2c1)Nc1cc2ccc(C)cc2cc1N3.c1ccc(-c2cccc3c2Cc2cccc(-c4ccccc4)c2N3)cc1.c1csc(-c2ccc3c(c2)Cc2ccc(-c4cccs4)cc2N3)c1. The summed E-state index contributed by atoms with van der Waals surface area (Å²) in [5.74, 6) is 3.55. The lowest BCUT2D eigenvalue weighted by atomic mass is 9.88. The average molecular weight is 1780 g/mol. The molecule has 0 fully saturated rings. The average Bonchev–Trinajstić information content (AvgIpc) is 0.810. The van der Waals surface area contributed by atoms with E-state index in [0.29, 0.717) is 0 Å². The largest absolute Gasteiger partial charge is 0.496 e. The van der Waals surface area contributed by atoms with Gasteiger partial charge in [0.2, 0.25) is 0 Å². The van der Waals surface area contributed by atoms with Crippen LogP contribution in [0.2, 0.25) is 0 Å². The molecule has 0 atom stereocenters. The van der Waals surface area contributed by atoms with Gasteiger partial charge in [0, 0.05) is 97.1 Å². The summed E-state index contributed by atoms with van der Waals surface area (Å²) in [6.07, 6.45) is 3.84. The van der Waals surface area contributed by atoms with E-state index < -0.39 is 0 Å². The minimum atomic E-state index is 0.860. The van der Waals surface area contributed by atoms with Crippen molar-refractivity contribution in [3.63, 3.8) is 0 Å². The molecule has 0 amide bonds. The first kappa shape index (κ1) is 84.8. The molecule has 0 radical (unpaired) electrons. The number of methoxy groups -OCH3 is 4. The van der Waals surface area contributed by atoms with Crippen molar-refractivity contribution in [1.29, 1.82) is 0 Å². The zero-order valence-corrected chi connectivity index (χ0v) is 77.6. The Morgan fingerprint density at radius 3 is 1.19 bits per heavy atom. The fourth-order valence-corrected chi connectivity index (χ4v) is 20.5. The monoisotopic (exact) mass is 1780 g/mol. The fourth-order valence-electron chi connectivity index (χ4n) is 19.0. The van der Waals surface area contributed by atoms with Gasteiger partial charge in [-0.05, 0) is 270 Å². The summed E-state index contributed by atoms with van der Waals surface area (Å²) < 4.78 is 21.8. The molecule has 14 heteroatoms. The van der Waals surface area contributed by atoms with Crippen LogP contribution in [0.15, 0.2) is 363 Å². The molecule has 8 heterocycles. The highest BCUT2D eigenvalue weighted by molar-refractivity contribution is 7.13. The second-order valence-corrected chi connectivity index (χ2v) is 36.7. The van der Waals surface area contributed by atoms with Crippen molar-refractivity contribution in [3.8, 4) is 66.1 Å². The highest BCUT2D eigenvalue weighted by Crippen LogP contribution is 2.50. The van der Waals surface area contributed by atoms with Gasteiger partial charge in [-0.3, -0.25) is 0 Å². The van der Waals surface area contributed by atoms with Gasteiger partial charge < -0.3 is 61.5 Å². The molecule has 8 N–H and O–H groups in total. The van der Waals surface area contributed by atoms with E-state index in [2.05, 4.69) is 384 Å². The molecule has 18 aromatic carbocycles. The number of benzene rings is 18. The Morgan fingerprint density at radius 2 is 0.612 bits per heavy atom. The smallest absolute Gasteiger partial charge is 0.142 e. The van der Waals surface area contributed by atoms with E-state index >= 15 is 0 Å². The van der Waals surface area contributed by atoms with E-state index in [1.165, 1.54) is 166 Å². The highest BCUT2D eigenvalue weighted by atomic mass is 32.1. The van der Waals surface area contributed by atoms with Gasteiger partial charge in [-0.15, -0.1) is 22.7 Å². The number of rotatable bonds is 8. The third-order valence-electron chi connectivity index (χ3n) is 25.8. The molecule has 0 saturated carbocycles. The normalized spacial score (nSPS) is 12.2. The summed E-state index contributed by atoms with van der Waals surface area (Å²) in [5.41, 5.74) is 41.8. The molecular formula is C120H100N8O4S2. The van der Waals surface area contributed by atoms with Crippen LogP contribution in [0.5, 0.6) is 23.0 Å². The fraction of sp³-hybridized carbons (Fsp3) is 0.100. The van der Waals surface area contributed by atoms with Crippen molar-refractivity contribution in [2.45, 2.75) is 53.4 Å². The standard InChI is InChI=1S/C25H19N.C22H18N2O2.C22H18N2.C21H15NS2.C15H15NO2.C15H15N/c1-3-9-18(10-4-1)21-14-8-16-24-23(21)17-20-13-7-15-22(25(20)26-24)19-11-5-2-6-12-19;1-25-21-7-3-5-13-9-17-19(11-15(13)21)23-18-10-14-6-4-8-22(26-2)16(14)12-20(18)24-17;1-13-3-5-15-9-19-21(11-17(15)7-13)23-20-10-16-6-4-14(2)8-18(16)12-22(20)24-19;1-3-20(23-9-1)15-7-8-18-17(12-15)11-14-5-6-16(13-19(14)22-18)21-4-2-10-24-21;1-17-13-7-4-6-12-11(13)9-10-5-3-8-14(18-2)15(10)16-12;1-10-4-6-14-13(7-10)9-12-5-3-11(2)8-15(12)16-14/h1-16,26H,17H2;3-12,23-24H,1-2H3;3-12,23-24H,1-2H3;1-10,12-13,22H,11H2;3-8,16H,9H2,1-2H3;3-8,16H,9H2,1-2H3. The van der Waals surface area contributed by atoms with Crippen LogP contribution in [0.3, 0.4) is 0 Å². The molecule has 0 unspecified atom stereocenters. The summed E-state index contributed by atoms with van der Waals surface area (Å²) in [6.45, 7) is 8.54. The molecule has 656 valence electrons. The Hall–Kier alpha value is -16.0. The van der Waals surface area contributed by atoms with Crippen LogP contribution in [0.1, 0.15) is 66.8 Å². The number of hydrogen-bond donors (Lipinski definition) is 8. The summed E-state index contributed by atoms with van der Waals surface area (Å²) in [5, 5.41) is 42.4. The number of hydrogen-bond acceptors (Lipinski definition) is 14. The summed E-state index contributed by atoms with van der Waals surface area (Å²) in [7, 11) is 6.80. The lowest BCUT2D eigenvalue weighted by Gasteiger charge is -2.26. The highest BCUT2D eigenvalue weighted by Gasteiger charge is 2.26. The number of para-hydroxylation sites is 2. The Labute approximate surface area is 790 Å². The van der Waals surface area contributed by atoms with E-state index in [0.717, 1.165) is 127 Å². The number of fused-ring (bicyclic) bond motifs is 16. The molecule has 26 rings (SSSR count). The van der Waals surface area contributed by atoms with Gasteiger partial charge in [-0.25, -0.2) is 0 Å². The molecule has 2 aromatic heterocycles. The third-order valence-corrected chi connectivity index (χ3v) is 27.7. The second kappa shape index (κ2) is 37.1. The van der Waals surface area contributed by atoms with Crippen molar-refractivity contribution in [2.24, 2.45) is 0 Å². The van der Waals surface area contributed by atoms with Gasteiger partial charge in [0.25, 0.3) is 0 Å². The predicted octanol–water partition coefficient (Wildman–Crippen LogP) is 33.0. The van der Waals surface area contributed by atoms with Gasteiger partial charge in [0.15, 0.2) is 0 Å². The van der Waals surface area contributed by atoms with Gasteiger partial charge in [-0.1, -0.05) is 241 Å². The maximum absolute atomic E-state index is 5.51. The molecular weight excluding hydrogens is 1680 g/mol. The van der Waals surface area contributed by atoms with Crippen molar-refractivity contribution < 1.29 is 18.9 Å². The number of anilines is 16. The molecule has 0 saturated heterocycles. The molecule has 134 heavy (non-hydrogen) atoms. The quantitative estimate of drug-likeness (QED) is 0.0737. The summed E-state index contributed by atoms with van der Waals surface area (Å²) >= 11 is 3.58. The first-order valence-electron chi connectivity index (χ1n) is 45.4. The van der Waals surface area contributed by atoms with Crippen LogP contribution in [-0.2, 0) is 25.7 Å². The van der Waals surface area contributed by atoms with Gasteiger partial charge in [0.1, 0.15) is 23.0 Å². The zero-order chi connectivity index (χ0) is 90.9. The predicted molar refractivity (Wildman–Crippen MR) is 567 cm³/mol. The maximum atomic E-state index is 5.51. The summed E-state index contributed by atoms with van der Waals surface area (Å²) in [6, 6.07) is 125. The number of thiophene rings is 2. The molecule has 12 nitrogen and oxygen atoms in total. The van der Waals surface area contributed by atoms with E-state index in [1.54, 1.807) is 51.1 Å². The second-order valence-electron chi connectivity index (χ2n) is 34.8. The van der Waals surface area contributed by atoms with Crippen LogP contribution >= 0.6 is 22.7 Å². The van der Waals surface area contributed by atoms with E-state index in [4.69, 9.17) is 18.9 Å². The van der Waals surface area contributed by atoms with E-state index in [9.17, 15) is 0 Å². The third kappa shape index (κ3) is 17.5. The minimum Gasteiger partial charge on any atom is -0.496 e. The van der Waals surface area contributed by atoms with Crippen molar-refractivity contribution in [1.82, 2.24) is 0 Å². The van der Waals surface area contributed by atoms with Crippen molar-refractivity contribution >= 4 is 157 Å². The van der Waals surface area contributed by atoms with Crippen molar-refractivity contribution in [3.05, 3.63) is 429 Å². The molecule has 0 spiro atoms. The maximum Gasteiger partial charge on any atom is 0.142 e. The molecule has 0 aliphatic carbocycles. The molecule has 6 aliphatic heterocycles. The molecule has 0 bridgehead atoms. The first-order valence-corrected chi connectivity index (χ1v) is 47.2. The minimum absolute atomic E-state index is 0.860. The number of aryl methyl sites for hydroxylation is 4. The van der Waals surface area contributed by atoms with Gasteiger partial charge in [0.05, 0.1) is 79.6 Å². The Bertz CT molecular complexity index is 7410. The Balaban J connectivity index is 0.0000000973. The van der Waals surface area contributed by atoms with Crippen LogP contribution in [-0.4, -0.2) is 28.4 Å². The Kier molecular flexibility index (Phi) is 23.5. The Morgan fingerprint density at radius 1 is 0.209 bits per heavy atom. The zero-order valence-electron chi connectivity index (χ0n) is 75.9. The lowest BCUT2D eigenvalue weighted by molar-refractivity contribution is 0.409. The first-order chi connectivity index (χ1) is 65.7. The van der Waals surface area contributed by atoms with E-state index in [-0.39, 0.29) is 0 Å². The van der Waals surface area contributed by atoms with Crippen LogP contribution in [0, 0.1) is 27.7 Å². The van der Waals surface area contributed by atoms with Crippen LogP contribution in [0.4, 0.5) is 91.0 Å². The summed E-state index contributed by atoms with van der Waals surface area (Å²) in [4.78, 5) is 2.65. The topological polar surface area (TPSA) is 133 Å². The van der Waals surface area contributed by atoms with Gasteiger partial charge >= 0.3 is 0 Å². The van der Waals surface area contributed by atoms with Gasteiger partial charge in [-0.2, -0.15) is 0 Å². The number of ether oxygens (including phenoxy) is 4. The van der Waals surface area contributed by atoms with Crippen molar-refractivity contribution in [2.75, 3.05) is 71.0 Å². The van der Waals surface area contributed by atoms with Crippen LogP contribution in [0.25, 0.3) is 86.2 Å².